The smallest absolute Gasteiger partial charge is 0.262 e. The van der Waals surface area contributed by atoms with Gasteiger partial charge in [0.2, 0.25) is 0 Å². The Labute approximate surface area is 72.5 Å². The molecule has 72 valence electrons. The van der Waals surface area contributed by atoms with Crippen LogP contribution in [0.15, 0.2) is 0 Å². The largest absolute Gasteiger partial charge is 0.305 e. The van der Waals surface area contributed by atoms with Crippen molar-refractivity contribution in [3.63, 3.8) is 0 Å². The summed E-state index contributed by atoms with van der Waals surface area (Å²) in [5.74, 6) is -2.53. The summed E-state index contributed by atoms with van der Waals surface area (Å²) in [6.45, 7) is 7.65. The second-order valence-electron chi connectivity index (χ2n) is 4.97. The Kier molecular flexibility index (Phi) is 1.99. The summed E-state index contributed by atoms with van der Waals surface area (Å²) >= 11 is 0. The second-order valence-corrected chi connectivity index (χ2v) is 4.97. The van der Waals surface area contributed by atoms with Crippen molar-refractivity contribution in [2.45, 2.75) is 45.6 Å². The van der Waals surface area contributed by atoms with Gasteiger partial charge in [0.25, 0.3) is 5.92 Å². The summed E-state index contributed by atoms with van der Waals surface area (Å²) in [4.78, 5) is 0. The number of alkyl halides is 2. The summed E-state index contributed by atoms with van der Waals surface area (Å²) in [7, 11) is 0. The maximum Gasteiger partial charge on any atom is 0.262 e. The van der Waals surface area contributed by atoms with Gasteiger partial charge in [-0.1, -0.05) is 20.8 Å². The molecule has 1 nitrogen and oxygen atoms in total. The molecule has 1 unspecified atom stereocenters. The molecule has 0 amide bonds. The fourth-order valence-corrected chi connectivity index (χ4v) is 1.50. The van der Waals surface area contributed by atoms with E-state index in [2.05, 4.69) is 5.32 Å². The minimum absolute atomic E-state index is 0.0521. The minimum Gasteiger partial charge on any atom is -0.305 e. The summed E-state index contributed by atoms with van der Waals surface area (Å²) in [5.41, 5.74) is -0.552. The molecule has 0 saturated carbocycles. The second kappa shape index (κ2) is 2.41. The van der Waals surface area contributed by atoms with Crippen LogP contribution in [0.25, 0.3) is 0 Å². The Balaban J connectivity index is 2.78. The van der Waals surface area contributed by atoms with Gasteiger partial charge in [-0.25, -0.2) is 8.78 Å². The van der Waals surface area contributed by atoms with Crippen molar-refractivity contribution in [3.05, 3.63) is 0 Å². The fraction of sp³-hybridized carbons (Fsp3) is 1.00. The first-order chi connectivity index (χ1) is 5.16. The van der Waals surface area contributed by atoms with E-state index in [-0.39, 0.29) is 18.4 Å². The molecule has 1 fully saturated rings. The molecule has 0 aromatic heterocycles. The zero-order valence-electron chi connectivity index (χ0n) is 8.17. The Bertz CT molecular complexity index is 183. The monoisotopic (exact) mass is 177 g/mol. The number of nitrogens with one attached hydrogen (secondary N) is 1. The summed E-state index contributed by atoms with van der Waals surface area (Å²) in [6.07, 6.45) is -0.0521. The highest BCUT2D eigenvalue weighted by molar-refractivity contribution is 5.04. The number of halogens is 2. The average molecular weight is 177 g/mol. The maximum atomic E-state index is 12.9. The van der Waals surface area contributed by atoms with E-state index in [9.17, 15) is 8.78 Å². The highest BCUT2D eigenvalue weighted by Gasteiger charge is 2.51. The lowest BCUT2D eigenvalue weighted by atomic mass is 9.74. The van der Waals surface area contributed by atoms with E-state index in [1.165, 1.54) is 0 Å². The van der Waals surface area contributed by atoms with Crippen LogP contribution in [0.2, 0.25) is 0 Å². The lowest BCUT2D eigenvalue weighted by Crippen LogP contribution is -2.48. The Morgan fingerprint density at radius 2 is 1.75 bits per heavy atom. The van der Waals surface area contributed by atoms with Gasteiger partial charge in [-0.05, 0) is 12.3 Å². The van der Waals surface area contributed by atoms with Gasteiger partial charge in [0.15, 0.2) is 0 Å². The minimum atomic E-state index is -2.53. The molecule has 1 rings (SSSR count). The van der Waals surface area contributed by atoms with Gasteiger partial charge in [0.05, 0.1) is 6.54 Å². The Morgan fingerprint density at radius 3 is 1.92 bits per heavy atom. The fourth-order valence-electron chi connectivity index (χ4n) is 1.50. The van der Waals surface area contributed by atoms with Crippen LogP contribution < -0.4 is 5.32 Å². The number of hydrogen-bond acceptors (Lipinski definition) is 1. The summed E-state index contributed by atoms with van der Waals surface area (Å²) < 4.78 is 25.8. The predicted molar refractivity (Wildman–Crippen MR) is 45.4 cm³/mol. The average Bonchev–Trinajstić information content (AvgIpc) is 2.05. The normalized spacial score (nSPS) is 35.5. The highest BCUT2D eigenvalue weighted by Crippen LogP contribution is 2.42. The van der Waals surface area contributed by atoms with Crippen LogP contribution in [0.1, 0.15) is 34.1 Å². The highest BCUT2D eigenvalue weighted by atomic mass is 19.3. The standard InChI is InChI=1S/C9H17F2N/c1-7(2,3)8(4)5-9(10,11)6-12-8/h12H,5-6H2,1-4H3. The van der Waals surface area contributed by atoms with Crippen LogP contribution in [0, 0.1) is 5.41 Å². The van der Waals surface area contributed by atoms with Crippen LogP contribution in [-0.2, 0) is 0 Å². The molecular formula is C9H17F2N. The van der Waals surface area contributed by atoms with Gasteiger partial charge in [0.1, 0.15) is 0 Å². The molecule has 1 heterocycles. The van der Waals surface area contributed by atoms with Crippen LogP contribution in [-0.4, -0.2) is 18.0 Å². The van der Waals surface area contributed by atoms with Crippen LogP contribution >= 0.6 is 0 Å². The van der Waals surface area contributed by atoms with Crippen molar-refractivity contribution < 1.29 is 8.78 Å². The van der Waals surface area contributed by atoms with Gasteiger partial charge in [-0.2, -0.15) is 0 Å². The first-order valence-electron chi connectivity index (χ1n) is 4.29. The van der Waals surface area contributed by atoms with E-state index in [0.29, 0.717) is 0 Å². The lowest BCUT2D eigenvalue weighted by molar-refractivity contribution is 0.00777. The summed E-state index contributed by atoms with van der Waals surface area (Å²) in [6, 6.07) is 0. The number of hydrogen-bond donors (Lipinski definition) is 1. The first kappa shape index (κ1) is 9.90. The van der Waals surface area contributed by atoms with Gasteiger partial charge in [0, 0.05) is 12.0 Å². The van der Waals surface area contributed by atoms with Crippen molar-refractivity contribution in [1.29, 1.82) is 0 Å². The molecule has 0 aromatic carbocycles. The molecule has 0 aliphatic carbocycles. The SMILES string of the molecule is CC(C)(C)C1(C)CC(F)(F)CN1. The zero-order valence-corrected chi connectivity index (χ0v) is 8.17. The zero-order chi connectivity index (χ0) is 9.62. The molecule has 0 aromatic rings. The predicted octanol–water partition coefficient (Wildman–Crippen LogP) is 2.42. The molecule has 0 bridgehead atoms. The molecule has 12 heavy (non-hydrogen) atoms. The molecule has 1 aliphatic heterocycles. The lowest BCUT2D eigenvalue weighted by Gasteiger charge is -2.38. The quantitative estimate of drug-likeness (QED) is 0.599. The third-order valence-electron chi connectivity index (χ3n) is 3.00. The molecule has 1 atom stereocenters. The van der Waals surface area contributed by atoms with Gasteiger partial charge in [-0.15, -0.1) is 0 Å². The van der Waals surface area contributed by atoms with Crippen molar-refractivity contribution in [3.8, 4) is 0 Å². The third kappa shape index (κ3) is 1.60. The van der Waals surface area contributed by atoms with Crippen molar-refractivity contribution >= 4 is 0 Å². The molecule has 1 aliphatic rings. The van der Waals surface area contributed by atoms with Gasteiger partial charge >= 0.3 is 0 Å². The van der Waals surface area contributed by atoms with E-state index in [0.717, 1.165) is 0 Å². The van der Waals surface area contributed by atoms with E-state index in [1.807, 2.05) is 27.7 Å². The van der Waals surface area contributed by atoms with Crippen LogP contribution in [0.4, 0.5) is 8.78 Å². The van der Waals surface area contributed by atoms with Crippen molar-refractivity contribution in [2.75, 3.05) is 6.54 Å². The third-order valence-corrected chi connectivity index (χ3v) is 3.00. The molecular weight excluding hydrogens is 160 g/mol. The van der Waals surface area contributed by atoms with E-state index in [4.69, 9.17) is 0 Å². The van der Waals surface area contributed by atoms with E-state index >= 15 is 0 Å². The van der Waals surface area contributed by atoms with Crippen molar-refractivity contribution in [1.82, 2.24) is 5.32 Å². The van der Waals surface area contributed by atoms with Crippen LogP contribution in [0.3, 0.4) is 0 Å². The maximum absolute atomic E-state index is 12.9. The molecule has 0 spiro atoms. The number of rotatable bonds is 0. The van der Waals surface area contributed by atoms with Gasteiger partial charge < -0.3 is 5.32 Å². The van der Waals surface area contributed by atoms with E-state index in [1.54, 1.807) is 0 Å². The van der Waals surface area contributed by atoms with Gasteiger partial charge in [-0.3, -0.25) is 0 Å². The Hall–Kier alpha value is -0.180. The van der Waals surface area contributed by atoms with Crippen LogP contribution in [0.5, 0.6) is 0 Å². The molecule has 1 N–H and O–H groups in total. The Morgan fingerprint density at radius 1 is 1.25 bits per heavy atom. The molecule has 3 heteroatoms. The molecule has 0 radical (unpaired) electrons. The van der Waals surface area contributed by atoms with Crippen molar-refractivity contribution in [2.24, 2.45) is 5.41 Å². The first-order valence-corrected chi connectivity index (χ1v) is 4.29. The topological polar surface area (TPSA) is 12.0 Å². The summed E-state index contributed by atoms with van der Waals surface area (Å²) in [5, 5.41) is 2.91. The van der Waals surface area contributed by atoms with E-state index < -0.39 is 11.5 Å². The molecule has 1 saturated heterocycles.